The first kappa shape index (κ1) is 7.46. The van der Waals surface area contributed by atoms with E-state index in [2.05, 4.69) is 14.1 Å². The van der Waals surface area contributed by atoms with Gasteiger partial charge in [-0.05, 0) is 0 Å². The van der Waals surface area contributed by atoms with Gasteiger partial charge in [0.1, 0.15) is 0 Å². The molecular formula is C6H5NO4. The molecule has 1 aromatic rings. The van der Waals surface area contributed by atoms with Crippen molar-refractivity contribution in [3.8, 4) is 0 Å². The van der Waals surface area contributed by atoms with Crippen LogP contribution in [0.2, 0.25) is 0 Å². The standard InChI is InChI=1S/C6H5NO4/c1-10-6(9)5-7-3-2-4(8)11-5/h2-3H,1H3. The lowest BCUT2D eigenvalue weighted by atomic mass is 10.6. The Labute approximate surface area is 61.6 Å². The first-order valence-electron chi connectivity index (χ1n) is 2.78. The van der Waals surface area contributed by atoms with E-state index in [-0.39, 0.29) is 5.89 Å². The summed E-state index contributed by atoms with van der Waals surface area (Å²) >= 11 is 0. The first-order chi connectivity index (χ1) is 5.24. The topological polar surface area (TPSA) is 69.4 Å². The number of esters is 1. The molecule has 0 fully saturated rings. The van der Waals surface area contributed by atoms with E-state index >= 15 is 0 Å². The molecule has 0 N–H and O–H groups in total. The van der Waals surface area contributed by atoms with E-state index in [1.165, 1.54) is 13.3 Å². The van der Waals surface area contributed by atoms with Gasteiger partial charge in [-0.25, -0.2) is 14.6 Å². The molecule has 0 spiro atoms. The fourth-order valence-corrected chi connectivity index (χ4v) is 0.503. The first-order valence-corrected chi connectivity index (χ1v) is 2.78. The van der Waals surface area contributed by atoms with E-state index in [0.717, 1.165) is 6.07 Å². The van der Waals surface area contributed by atoms with Crippen molar-refractivity contribution in [3.63, 3.8) is 0 Å². The molecule has 0 saturated heterocycles. The number of ether oxygens (including phenoxy) is 1. The van der Waals surface area contributed by atoms with Crippen LogP contribution in [0.5, 0.6) is 0 Å². The Morgan fingerprint density at radius 3 is 3.00 bits per heavy atom. The second-order valence-corrected chi connectivity index (χ2v) is 1.66. The van der Waals surface area contributed by atoms with Gasteiger partial charge in [-0.2, -0.15) is 0 Å². The predicted molar refractivity (Wildman–Crippen MR) is 34.1 cm³/mol. The Bertz CT molecular complexity index is 316. The molecule has 1 heterocycles. The maximum Gasteiger partial charge on any atom is 0.394 e. The van der Waals surface area contributed by atoms with Gasteiger partial charge in [0, 0.05) is 12.3 Å². The Hall–Kier alpha value is -1.65. The number of methoxy groups -OCH3 is 1. The molecule has 0 radical (unpaired) electrons. The van der Waals surface area contributed by atoms with Crippen LogP contribution in [0, 0.1) is 0 Å². The minimum atomic E-state index is -0.761. The summed E-state index contributed by atoms with van der Waals surface area (Å²) in [5.74, 6) is -1.09. The van der Waals surface area contributed by atoms with Gasteiger partial charge in [0.25, 0.3) is 0 Å². The number of hydrogen-bond acceptors (Lipinski definition) is 5. The lowest BCUT2D eigenvalue weighted by Gasteiger charge is -1.92. The van der Waals surface area contributed by atoms with Gasteiger partial charge in [-0.3, -0.25) is 0 Å². The van der Waals surface area contributed by atoms with Gasteiger partial charge in [-0.15, -0.1) is 0 Å². The van der Waals surface area contributed by atoms with E-state index in [1.54, 1.807) is 0 Å². The van der Waals surface area contributed by atoms with Crippen molar-refractivity contribution in [1.29, 1.82) is 0 Å². The van der Waals surface area contributed by atoms with Crippen molar-refractivity contribution in [1.82, 2.24) is 4.98 Å². The molecule has 0 saturated carbocycles. The molecule has 11 heavy (non-hydrogen) atoms. The maximum atomic E-state index is 10.6. The van der Waals surface area contributed by atoms with Crippen molar-refractivity contribution < 1.29 is 13.9 Å². The summed E-state index contributed by atoms with van der Waals surface area (Å²) in [5.41, 5.74) is -0.625. The Morgan fingerprint density at radius 1 is 1.73 bits per heavy atom. The van der Waals surface area contributed by atoms with Gasteiger partial charge in [-0.1, -0.05) is 0 Å². The summed E-state index contributed by atoms with van der Waals surface area (Å²) in [4.78, 5) is 24.6. The number of carbonyl (C=O) groups is 1. The van der Waals surface area contributed by atoms with Crippen molar-refractivity contribution in [2.24, 2.45) is 0 Å². The van der Waals surface area contributed by atoms with E-state index in [9.17, 15) is 9.59 Å². The normalized spacial score (nSPS) is 9.18. The van der Waals surface area contributed by atoms with Crippen LogP contribution in [0.15, 0.2) is 21.5 Å². The zero-order valence-electron chi connectivity index (χ0n) is 5.73. The maximum absolute atomic E-state index is 10.6. The van der Waals surface area contributed by atoms with Crippen LogP contribution >= 0.6 is 0 Å². The van der Waals surface area contributed by atoms with Crippen molar-refractivity contribution in [2.45, 2.75) is 0 Å². The fourth-order valence-electron chi connectivity index (χ4n) is 0.503. The van der Waals surface area contributed by atoms with Crippen LogP contribution < -0.4 is 5.63 Å². The molecular weight excluding hydrogens is 150 g/mol. The molecule has 0 unspecified atom stereocenters. The summed E-state index contributed by atoms with van der Waals surface area (Å²) < 4.78 is 8.65. The lowest BCUT2D eigenvalue weighted by molar-refractivity contribution is 0.0548. The molecule has 5 heteroatoms. The highest BCUT2D eigenvalue weighted by Gasteiger charge is 2.08. The van der Waals surface area contributed by atoms with Crippen LogP contribution in [0.4, 0.5) is 0 Å². The molecule has 0 aliphatic rings. The Balaban J connectivity index is 3.05. The molecule has 5 nitrogen and oxygen atoms in total. The fraction of sp³-hybridized carbons (Fsp3) is 0.167. The number of hydrogen-bond donors (Lipinski definition) is 0. The third-order valence-corrected chi connectivity index (χ3v) is 0.960. The van der Waals surface area contributed by atoms with Crippen LogP contribution in [-0.2, 0) is 4.74 Å². The molecule has 0 amide bonds. The smallest absolute Gasteiger partial charge is 0.394 e. The predicted octanol–water partition coefficient (Wildman–Crippen LogP) is -0.179. The molecule has 0 atom stereocenters. The lowest BCUT2D eigenvalue weighted by Crippen LogP contribution is -2.08. The second kappa shape index (κ2) is 2.96. The van der Waals surface area contributed by atoms with Crippen LogP contribution in [0.25, 0.3) is 0 Å². The van der Waals surface area contributed by atoms with Gasteiger partial charge in [0.15, 0.2) is 0 Å². The van der Waals surface area contributed by atoms with Crippen molar-refractivity contribution in [3.05, 3.63) is 28.6 Å². The van der Waals surface area contributed by atoms with Gasteiger partial charge in [0.2, 0.25) is 0 Å². The number of rotatable bonds is 1. The SMILES string of the molecule is COC(=O)c1nccc(=O)o1. The van der Waals surface area contributed by atoms with E-state index in [0.29, 0.717) is 0 Å². The summed E-state index contributed by atoms with van der Waals surface area (Å²) in [6, 6.07) is 1.10. The monoisotopic (exact) mass is 155 g/mol. The molecule has 0 aliphatic heterocycles. The van der Waals surface area contributed by atoms with Crippen LogP contribution in [0.3, 0.4) is 0 Å². The number of aromatic nitrogens is 1. The molecule has 1 aromatic heterocycles. The quantitative estimate of drug-likeness (QED) is 0.526. The highest BCUT2D eigenvalue weighted by molar-refractivity contribution is 5.83. The van der Waals surface area contributed by atoms with Crippen molar-refractivity contribution >= 4 is 5.97 Å². The molecule has 1 rings (SSSR count). The van der Waals surface area contributed by atoms with Crippen LogP contribution in [-0.4, -0.2) is 18.1 Å². The average molecular weight is 155 g/mol. The minimum absolute atomic E-state index is 0.333. The molecule has 0 aliphatic carbocycles. The van der Waals surface area contributed by atoms with E-state index in [1.807, 2.05) is 0 Å². The van der Waals surface area contributed by atoms with Crippen molar-refractivity contribution in [2.75, 3.05) is 7.11 Å². The summed E-state index contributed by atoms with van der Waals surface area (Å²) in [5, 5.41) is 0. The number of carbonyl (C=O) groups excluding carboxylic acids is 1. The second-order valence-electron chi connectivity index (χ2n) is 1.66. The zero-order chi connectivity index (χ0) is 8.27. The average Bonchev–Trinajstić information content (AvgIpc) is 2.03. The summed E-state index contributed by atoms with van der Waals surface area (Å²) in [7, 11) is 1.18. The third kappa shape index (κ3) is 1.64. The van der Waals surface area contributed by atoms with Gasteiger partial charge >= 0.3 is 17.5 Å². The minimum Gasteiger partial charge on any atom is -0.462 e. The third-order valence-electron chi connectivity index (χ3n) is 0.960. The van der Waals surface area contributed by atoms with Crippen LogP contribution in [0.1, 0.15) is 10.7 Å². The van der Waals surface area contributed by atoms with Gasteiger partial charge in [0.05, 0.1) is 7.11 Å². The summed E-state index contributed by atoms with van der Waals surface area (Å²) in [6.45, 7) is 0. The Morgan fingerprint density at radius 2 is 2.45 bits per heavy atom. The van der Waals surface area contributed by atoms with E-state index < -0.39 is 11.6 Å². The zero-order valence-corrected chi connectivity index (χ0v) is 5.73. The Kier molecular flexibility index (Phi) is 2.00. The summed E-state index contributed by atoms with van der Waals surface area (Å²) in [6.07, 6.45) is 1.18. The largest absolute Gasteiger partial charge is 0.462 e. The number of nitrogens with zero attached hydrogens (tertiary/aromatic N) is 1. The molecule has 58 valence electrons. The highest BCUT2D eigenvalue weighted by atomic mass is 16.5. The molecule has 0 bridgehead atoms. The van der Waals surface area contributed by atoms with E-state index in [4.69, 9.17) is 0 Å². The highest BCUT2D eigenvalue weighted by Crippen LogP contribution is 1.90. The molecule has 0 aromatic carbocycles. The van der Waals surface area contributed by atoms with Gasteiger partial charge < -0.3 is 9.15 Å².